The third-order valence-corrected chi connectivity index (χ3v) is 2.87. The summed E-state index contributed by atoms with van der Waals surface area (Å²) in [5.74, 6) is -0.407. The molecule has 0 bridgehead atoms. The molecule has 4 heteroatoms. The van der Waals surface area contributed by atoms with E-state index in [4.69, 9.17) is 5.73 Å². The molecule has 1 heterocycles. The molecule has 0 saturated carbocycles. The van der Waals surface area contributed by atoms with E-state index in [1.807, 2.05) is 6.92 Å². The highest BCUT2D eigenvalue weighted by molar-refractivity contribution is 5.45. The van der Waals surface area contributed by atoms with Crippen LogP contribution in [0.1, 0.15) is 22.8 Å². The highest BCUT2D eigenvalue weighted by atomic mass is 19.1. The number of aromatic nitrogens is 1. The number of aliphatic hydroxyl groups is 1. The lowest BCUT2D eigenvalue weighted by Crippen LogP contribution is -2.07. The standard InChI is InChI=1S/C14H15FN2O/c1-9-2-3-12(15)11(6-9)14(18)7-10-8-17-5-4-13(10)16/h2-6,8,14,18H,7H2,1H3,(H2,16,17). The van der Waals surface area contributed by atoms with Gasteiger partial charge in [-0.1, -0.05) is 17.7 Å². The molecule has 0 radical (unpaired) electrons. The van der Waals surface area contributed by atoms with E-state index in [2.05, 4.69) is 4.98 Å². The molecule has 3 N–H and O–H groups in total. The summed E-state index contributed by atoms with van der Waals surface area (Å²) in [6.07, 6.45) is 2.50. The summed E-state index contributed by atoms with van der Waals surface area (Å²) >= 11 is 0. The first-order chi connectivity index (χ1) is 8.58. The molecule has 18 heavy (non-hydrogen) atoms. The van der Waals surface area contributed by atoms with Gasteiger partial charge in [-0.15, -0.1) is 0 Å². The van der Waals surface area contributed by atoms with Gasteiger partial charge in [0.15, 0.2) is 0 Å². The maximum absolute atomic E-state index is 13.6. The van der Waals surface area contributed by atoms with Crippen molar-refractivity contribution in [1.82, 2.24) is 4.98 Å². The van der Waals surface area contributed by atoms with E-state index in [0.29, 0.717) is 16.8 Å². The van der Waals surface area contributed by atoms with Gasteiger partial charge in [-0.3, -0.25) is 4.98 Å². The molecule has 94 valence electrons. The van der Waals surface area contributed by atoms with Crippen molar-refractivity contribution in [3.05, 3.63) is 59.2 Å². The second-order valence-corrected chi connectivity index (χ2v) is 4.32. The van der Waals surface area contributed by atoms with Crippen molar-refractivity contribution in [2.24, 2.45) is 0 Å². The first kappa shape index (κ1) is 12.5. The van der Waals surface area contributed by atoms with Crippen LogP contribution in [0, 0.1) is 12.7 Å². The molecule has 1 unspecified atom stereocenters. The van der Waals surface area contributed by atoms with Crippen LogP contribution >= 0.6 is 0 Å². The molecule has 0 amide bonds. The summed E-state index contributed by atoms with van der Waals surface area (Å²) in [5.41, 5.74) is 8.23. The molecule has 1 atom stereocenters. The number of aliphatic hydroxyl groups excluding tert-OH is 1. The molecule has 1 aromatic heterocycles. The van der Waals surface area contributed by atoms with Gasteiger partial charge in [0.1, 0.15) is 5.82 Å². The van der Waals surface area contributed by atoms with E-state index >= 15 is 0 Å². The highest BCUT2D eigenvalue weighted by Crippen LogP contribution is 2.24. The summed E-state index contributed by atoms with van der Waals surface area (Å²) in [5, 5.41) is 10.1. The van der Waals surface area contributed by atoms with Gasteiger partial charge in [-0.25, -0.2) is 4.39 Å². The van der Waals surface area contributed by atoms with Crippen LogP contribution in [-0.2, 0) is 6.42 Å². The molecule has 1 aromatic carbocycles. The second-order valence-electron chi connectivity index (χ2n) is 4.32. The Morgan fingerprint density at radius 3 is 2.89 bits per heavy atom. The molecule has 0 aliphatic rings. The lowest BCUT2D eigenvalue weighted by molar-refractivity contribution is 0.173. The number of hydrogen-bond acceptors (Lipinski definition) is 3. The summed E-state index contributed by atoms with van der Waals surface area (Å²) < 4.78 is 13.6. The van der Waals surface area contributed by atoms with Crippen molar-refractivity contribution in [3.63, 3.8) is 0 Å². The molecular weight excluding hydrogens is 231 g/mol. The van der Waals surface area contributed by atoms with Crippen molar-refractivity contribution < 1.29 is 9.50 Å². The van der Waals surface area contributed by atoms with Crippen molar-refractivity contribution >= 4 is 5.69 Å². The van der Waals surface area contributed by atoms with E-state index < -0.39 is 11.9 Å². The fourth-order valence-electron chi connectivity index (χ4n) is 1.85. The van der Waals surface area contributed by atoms with Crippen LogP contribution in [0.5, 0.6) is 0 Å². The maximum atomic E-state index is 13.6. The van der Waals surface area contributed by atoms with E-state index in [1.165, 1.54) is 6.07 Å². The van der Waals surface area contributed by atoms with Crippen LogP contribution < -0.4 is 5.73 Å². The van der Waals surface area contributed by atoms with Crippen LogP contribution in [0.4, 0.5) is 10.1 Å². The summed E-state index contributed by atoms with van der Waals surface area (Å²) in [6, 6.07) is 6.34. The number of rotatable bonds is 3. The Morgan fingerprint density at radius 1 is 1.39 bits per heavy atom. The minimum absolute atomic E-state index is 0.250. The molecule has 0 saturated heterocycles. The van der Waals surface area contributed by atoms with Gasteiger partial charge >= 0.3 is 0 Å². The number of aryl methyl sites for hydroxylation is 1. The van der Waals surface area contributed by atoms with Gasteiger partial charge in [0.2, 0.25) is 0 Å². The third kappa shape index (κ3) is 2.65. The number of nitrogen functional groups attached to an aromatic ring is 1. The number of anilines is 1. The highest BCUT2D eigenvalue weighted by Gasteiger charge is 2.15. The van der Waals surface area contributed by atoms with Crippen molar-refractivity contribution in [3.8, 4) is 0 Å². The van der Waals surface area contributed by atoms with Gasteiger partial charge in [0, 0.05) is 30.1 Å². The van der Waals surface area contributed by atoms with Crippen LogP contribution in [0.25, 0.3) is 0 Å². The first-order valence-corrected chi connectivity index (χ1v) is 5.70. The lowest BCUT2D eigenvalue weighted by atomic mass is 9.99. The summed E-state index contributed by atoms with van der Waals surface area (Å²) in [7, 11) is 0. The van der Waals surface area contributed by atoms with Gasteiger partial charge in [0.25, 0.3) is 0 Å². The molecule has 0 aliphatic heterocycles. The number of hydrogen-bond donors (Lipinski definition) is 2. The molecule has 2 rings (SSSR count). The second kappa shape index (κ2) is 5.14. The zero-order valence-corrected chi connectivity index (χ0v) is 10.1. The number of nitrogens with zero attached hydrogens (tertiary/aromatic N) is 1. The summed E-state index contributed by atoms with van der Waals surface area (Å²) in [6.45, 7) is 1.86. The SMILES string of the molecule is Cc1ccc(F)c(C(O)Cc2cnccc2N)c1. The Balaban J connectivity index is 2.25. The topological polar surface area (TPSA) is 59.1 Å². The zero-order chi connectivity index (χ0) is 13.1. The van der Waals surface area contributed by atoms with E-state index in [9.17, 15) is 9.50 Å². The first-order valence-electron chi connectivity index (χ1n) is 5.70. The minimum atomic E-state index is -0.920. The quantitative estimate of drug-likeness (QED) is 0.874. The zero-order valence-electron chi connectivity index (χ0n) is 10.1. The molecular formula is C14H15FN2O. The normalized spacial score (nSPS) is 12.4. The van der Waals surface area contributed by atoms with Gasteiger partial charge < -0.3 is 10.8 Å². The Morgan fingerprint density at radius 2 is 2.17 bits per heavy atom. The fraction of sp³-hybridized carbons (Fsp3) is 0.214. The smallest absolute Gasteiger partial charge is 0.129 e. The Labute approximate surface area is 105 Å². The van der Waals surface area contributed by atoms with Gasteiger partial charge in [-0.2, -0.15) is 0 Å². The van der Waals surface area contributed by atoms with Gasteiger partial charge in [-0.05, 0) is 24.6 Å². The number of nitrogens with two attached hydrogens (primary N) is 1. The number of benzene rings is 1. The molecule has 0 fully saturated rings. The Bertz CT molecular complexity index is 557. The monoisotopic (exact) mass is 246 g/mol. The fourth-order valence-corrected chi connectivity index (χ4v) is 1.85. The Hall–Kier alpha value is -1.94. The number of halogens is 1. The van der Waals surface area contributed by atoms with Crippen LogP contribution in [0.2, 0.25) is 0 Å². The van der Waals surface area contributed by atoms with Crippen LogP contribution in [-0.4, -0.2) is 10.1 Å². The van der Waals surface area contributed by atoms with Crippen molar-refractivity contribution in [2.75, 3.05) is 5.73 Å². The van der Waals surface area contributed by atoms with E-state index in [1.54, 1.807) is 30.6 Å². The predicted octanol–water partition coefficient (Wildman–Crippen LogP) is 2.39. The maximum Gasteiger partial charge on any atom is 0.129 e. The molecule has 3 nitrogen and oxygen atoms in total. The average Bonchev–Trinajstić information content (AvgIpc) is 2.35. The van der Waals surface area contributed by atoms with Crippen molar-refractivity contribution in [2.45, 2.75) is 19.4 Å². The van der Waals surface area contributed by atoms with Crippen molar-refractivity contribution in [1.29, 1.82) is 0 Å². The molecule has 0 spiro atoms. The third-order valence-electron chi connectivity index (χ3n) is 2.87. The average molecular weight is 246 g/mol. The predicted molar refractivity (Wildman–Crippen MR) is 68.5 cm³/mol. The minimum Gasteiger partial charge on any atom is -0.398 e. The van der Waals surface area contributed by atoms with Crippen LogP contribution in [0.15, 0.2) is 36.7 Å². The summed E-state index contributed by atoms with van der Waals surface area (Å²) in [4.78, 5) is 3.95. The Kier molecular flexibility index (Phi) is 3.58. The lowest BCUT2D eigenvalue weighted by Gasteiger charge is -2.13. The molecule has 0 aliphatic carbocycles. The van der Waals surface area contributed by atoms with Gasteiger partial charge in [0.05, 0.1) is 6.10 Å². The number of pyridine rings is 1. The van der Waals surface area contributed by atoms with E-state index in [0.717, 1.165) is 5.56 Å². The van der Waals surface area contributed by atoms with Crippen LogP contribution in [0.3, 0.4) is 0 Å². The molecule has 2 aromatic rings. The van der Waals surface area contributed by atoms with E-state index in [-0.39, 0.29) is 6.42 Å². The largest absolute Gasteiger partial charge is 0.398 e.